The smallest absolute Gasteiger partial charge is 0.241 e. The summed E-state index contributed by atoms with van der Waals surface area (Å²) < 4.78 is 13.2. The Morgan fingerprint density at radius 2 is 1.80 bits per heavy atom. The van der Waals surface area contributed by atoms with Gasteiger partial charge in [-0.3, -0.25) is 9.69 Å². The van der Waals surface area contributed by atoms with Gasteiger partial charge in [0.2, 0.25) is 5.91 Å². The van der Waals surface area contributed by atoms with Crippen LogP contribution in [0.1, 0.15) is 36.0 Å². The molecular weight excluding hydrogens is 315 g/mol. The predicted molar refractivity (Wildman–Crippen MR) is 95.4 cm³/mol. The van der Waals surface area contributed by atoms with Gasteiger partial charge in [-0.1, -0.05) is 36.4 Å². The number of rotatable bonds is 2. The average molecular weight is 338 g/mol. The van der Waals surface area contributed by atoms with E-state index in [1.165, 1.54) is 23.3 Å². The number of nitrogens with zero attached hydrogens (tertiary/aromatic N) is 1. The van der Waals surface area contributed by atoms with E-state index in [1.807, 2.05) is 18.2 Å². The lowest BCUT2D eigenvalue weighted by molar-refractivity contribution is -0.136. The van der Waals surface area contributed by atoms with Gasteiger partial charge in [0.05, 0.1) is 0 Å². The first kappa shape index (κ1) is 16.3. The molecule has 4 heteroatoms. The summed E-state index contributed by atoms with van der Waals surface area (Å²) in [6.45, 7) is 2.17. The molecule has 130 valence electrons. The van der Waals surface area contributed by atoms with Crippen molar-refractivity contribution in [2.45, 2.75) is 44.3 Å². The van der Waals surface area contributed by atoms with Crippen LogP contribution in [0.25, 0.3) is 0 Å². The minimum atomic E-state index is -0.501. The Balaban J connectivity index is 1.68. The van der Waals surface area contributed by atoms with E-state index >= 15 is 0 Å². The number of hydrogen-bond acceptors (Lipinski definition) is 2. The first-order valence-corrected chi connectivity index (χ1v) is 9.02. The maximum atomic E-state index is 13.2. The van der Waals surface area contributed by atoms with E-state index in [4.69, 9.17) is 0 Å². The average Bonchev–Trinajstić information content (AvgIpc) is 2.77. The van der Waals surface area contributed by atoms with E-state index in [9.17, 15) is 9.18 Å². The molecule has 2 aromatic carbocycles. The van der Waals surface area contributed by atoms with Gasteiger partial charge in [-0.15, -0.1) is 0 Å². The standard InChI is InChI=1S/C21H23FN2O/c22-19-9-7-16(8-10-19)15-24-12-4-3-11-21(24)13-17-5-1-2-6-18(17)14-23-20(21)25/h1-2,5-10H,3-4,11-15H2,(H,23,25). The summed E-state index contributed by atoms with van der Waals surface area (Å²) in [5.74, 6) is -0.0937. The summed E-state index contributed by atoms with van der Waals surface area (Å²) in [7, 11) is 0. The van der Waals surface area contributed by atoms with Crippen LogP contribution in [-0.2, 0) is 24.3 Å². The second-order valence-corrected chi connectivity index (χ2v) is 7.16. The Morgan fingerprint density at radius 1 is 1.04 bits per heavy atom. The monoisotopic (exact) mass is 338 g/mol. The molecule has 1 spiro atoms. The van der Waals surface area contributed by atoms with Crippen LogP contribution in [-0.4, -0.2) is 22.9 Å². The third kappa shape index (κ3) is 3.07. The molecule has 2 aliphatic heterocycles. The van der Waals surface area contributed by atoms with Gasteiger partial charge < -0.3 is 5.32 Å². The van der Waals surface area contributed by atoms with Gasteiger partial charge in [-0.25, -0.2) is 4.39 Å². The molecule has 1 fully saturated rings. The topological polar surface area (TPSA) is 32.3 Å². The normalized spacial score (nSPS) is 23.8. The van der Waals surface area contributed by atoms with Crippen molar-refractivity contribution in [2.24, 2.45) is 0 Å². The second kappa shape index (κ2) is 6.60. The highest BCUT2D eigenvalue weighted by Crippen LogP contribution is 2.35. The van der Waals surface area contributed by atoms with Crippen LogP contribution in [0.15, 0.2) is 48.5 Å². The maximum Gasteiger partial charge on any atom is 0.241 e. The molecule has 1 amide bonds. The van der Waals surface area contributed by atoms with Crippen molar-refractivity contribution in [3.63, 3.8) is 0 Å². The Bertz CT molecular complexity index is 774. The number of piperidine rings is 1. The van der Waals surface area contributed by atoms with Crippen LogP contribution in [0.2, 0.25) is 0 Å². The third-order valence-corrected chi connectivity index (χ3v) is 5.62. The number of carbonyl (C=O) groups is 1. The SMILES string of the molecule is O=C1NCc2ccccc2CC12CCCCN2Cc1ccc(F)cc1. The van der Waals surface area contributed by atoms with Crippen molar-refractivity contribution in [3.05, 3.63) is 71.0 Å². The van der Waals surface area contributed by atoms with Gasteiger partial charge in [0, 0.05) is 19.5 Å². The summed E-state index contributed by atoms with van der Waals surface area (Å²) in [5, 5.41) is 3.15. The Labute approximate surface area is 147 Å². The van der Waals surface area contributed by atoms with Crippen molar-refractivity contribution in [1.82, 2.24) is 10.2 Å². The highest BCUT2D eigenvalue weighted by atomic mass is 19.1. The van der Waals surface area contributed by atoms with Gasteiger partial charge >= 0.3 is 0 Å². The van der Waals surface area contributed by atoms with Crippen molar-refractivity contribution in [1.29, 1.82) is 0 Å². The molecule has 1 atom stereocenters. The van der Waals surface area contributed by atoms with E-state index in [0.29, 0.717) is 13.1 Å². The zero-order valence-corrected chi connectivity index (χ0v) is 14.3. The summed E-state index contributed by atoms with van der Waals surface area (Å²) in [5.41, 5.74) is 3.01. The number of halogens is 1. The lowest BCUT2D eigenvalue weighted by Crippen LogP contribution is -2.60. The Hall–Kier alpha value is -2.20. The summed E-state index contributed by atoms with van der Waals surface area (Å²) in [6, 6.07) is 14.9. The number of benzene rings is 2. The number of nitrogens with one attached hydrogen (secondary N) is 1. The van der Waals surface area contributed by atoms with E-state index in [-0.39, 0.29) is 11.7 Å². The first-order valence-electron chi connectivity index (χ1n) is 9.02. The molecule has 0 bridgehead atoms. The fraction of sp³-hybridized carbons (Fsp3) is 0.381. The van der Waals surface area contributed by atoms with E-state index in [2.05, 4.69) is 28.4 Å². The molecule has 2 aliphatic rings. The first-order chi connectivity index (χ1) is 12.2. The fourth-order valence-corrected chi connectivity index (χ4v) is 4.23. The largest absolute Gasteiger partial charge is 0.350 e. The summed E-state index contributed by atoms with van der Waals surface area (Å²) >= 11 is 0. The van der Waals surface area contributed by atoms with Gasteiger partial charge in [-0.05, 0) is 54.6 Å². The molecule has 1 saturated heterocycles. The van der Waals surface area contributed by atoms with Crippen molar-refractivity contribution in [2.75, 3.05) is 6.54 Å². The zero-order chi connectivity index (χ0) is 17.3. The van der Waals surface area contributed by atoms with Crippen LogP contribution in [0.3, 0.4) is 0 Å². The minimum Gasteiger partial charge on any atom is -0.350 e. The zero-order valence-electron chi connectivity index (χ0n) is 14.3. The van der Waals surface area contributed by atoms with Gasteiger partial charge in [-0.2, -0.15) is 0 Å². The second-order valence-electron chi connectivity index (χ2n) is 7.16. The summed E-state index contributed by atoms with van der Waals surface area (Å²) in [4.78, 5) is 15.4. The van der Waals surface area contributed by atoms with Gasteiger partial charge in [0.1, 0.15) is 11.4 Å². The quantitative estimate of drug-likeness (QED) is 0.910. The molecule has 1 unspecified atom stereocenters. The highest BCUT2D eigenvalue weighted by molar-refractivity contribution is 5.87. The molecule has 0 radical (unpaired) electrons. The van der Waals surface area contributed by atoms with Gasteiger partial charge in [0.15, 0.2) is 0 Å². The molecule has 0 aromatic heterocycles. The van der Waals surface area contributed by atoms with Crippen molar-refractivity contribution < 1.29 is 9.18 Å². The predicted octanol–water partition coefficient (Wildman–Crippen LogP) is 3.42. The van der Waals surface area contributed by atoms with E-state index in [0.717, 1.165) is 37.8 Å². The van der Waals surface area contributed by atoms with Crippen LogP contribution >= 0.6 is 0 Å². The van der Waals surface area contributed by atoms with Crippen molar-refractivity contribution >= 4 is 5.91 Å². The minimum absolute atomic E-state index is 0.130. The molecule has 2 aromatic rings. The van der Waals surface area contributed by atoms with Crippen LogP contribution in [0.5, 0.6) is 0 Å². The number of carbonyl (C=O) groups excluding carboxylic acids is 1. The lowest BCUT2D eigenvalue weighted by atomic mass is 9.80. The van der Waals surface area contributed by atoms with Crippen molar-refractivity contribution in [3.8, 4) is 0 Å². The molecule has 1 N–H and O–H groups in total. The van der Waals surface area contributed by atoms with Crippen LogP contribution in [0, 0.1) is 5.82 Å². The van der Waals surface area contributed by atoms with E-state index < -0.39 is 5.54 Å². The number of hydrogen-bond donors (Lipinski definition) is 1. The highest BCUT2D eigenvalue weighted by Gasteiger charge is 2.46. The molecule has 0 aliphatic carbocycles. The molecule has 2 heterocycles. The fourth-order valence-electron chi connectivity index (χ4n) is 4.23. The molecular formula is C21H23FN2O. The van der Waals surface area contributed by atoms with E-state index in [1.54, 1.807) is 0 Å². The van der Waals surface area contributed by atoms with Crippen LogP contribution < -0.4 is 5.32 Å². The number of fused-ring (bicyclic) bond motifs is 1. The maximum absolute atomic E-state index is 13.2. The van der Waals surface area contributed by atoms with Gasteiger partial charge in [0.25, 0.3) is 0 Å². The summed E-state index contributed by atoms with van der Waals surface area (Å²) in [6.07, 6.45) is 3.78. The Kier molecular flexibility index (Phi) is 4.30. The molecule has 0 saturated carbocycles. The molecule has 3 nitrogen and oxygen atoms in total. The molecule has 4 rings (SSSR count). The third-order valence-electron chi connectivity index (χ3n) is 5.62. The van der Waals surface area contributed by atoms with Crippen LogP contribution in [0.4, 0.5) is 4.39 Å². The number of amides is 1. The lowest BCUT2D eigenvalue weighted by Gasteiger charge is -2.45. The Morgan fingerprint density at radius 3 is 2.60 bits per heavy atom. The molecule has 25 heavy (non-hydrogen) atoms. The number of likely N-dealkylation sites (tertiary alicyclic amines) is 1.